The summed E-state index contributed by atoms with van der Waals surface area (Å²) in [5, 5.41) is 0. The van der Waals surface area contributed by atoms with Crippen molar-refractivity contribution < 1.29 is 35.8 Å². The number of alkyl halides is 6. The van der Waals surface area contributed by atoms with Crippen molar-refractivity contribution in [2.45, 2.75) is 25.7 Å². The van der Waals surface area contributed by atoms with Gasteiger partial charge >= 0.3 is 12.4 Å². The third kappa shape index (κ3) is 5.01. The number of rotatable bonds is 5. The molecule has 1 aliphatic carbocycles. The normalized spacial score (nSPS) is 19.7. The van der Waals surface area contributed by atoms with E-state index in [9.17, 15) is 26.3 Å². The van der Waals surface area contributed by atoms with Crippen LogP contribution in [0.1, 0.15) is 17.7 Å². The molecule has 1 fully saturated rings. The summed E-state index contributed by atoms with van der Waals surface area (Å²) < 4.78 is 86.3. The van der Waals surface area contributed by atoms with Crippen LogP contribution in [0.5, 0.6) is 17.5 Å². The molecule has 1 saturated carbocycles. The van der Waals surface area contributed by atoms with Crippen LogP contribution in [-0.4, -0.2) is 22.8 Å². The van der Waals surface area contributed by atoms with Gasteiger partial charge in [0.1, 0.15) is 11.4 Å². The van der Waals surface area contributed by atoms with Crippen LogP contribution < -0.4 is 9.47 Å². The maximum atomic E-state index is 12.7. The second-order valence-corrected chi connectivity index (χ2v) is 6.25. The number of aryl methyl sites for hydroxylation is 1. The third-order valence-electron chi connectivity index (χ3n) is 3.96. The van der Waals surface area contributed by atoms with Crippen molar-refractivity contribution in [3.05, 3.63) is 41.7 Å². The third-order valence-corrected chi connectivity index (χ3v) is 3.96. The van der Waals surface area contributed by atoms with Gasteiger partial charge in [-0.15, -0.1) is 0 Å². The maximum Gasteiger partial charge on any atom is 0.433 e. The summed E-state index contributed by atoms with van der Waals surface area (Å²) in [5.41, 5.74) is -0.487. The van der Waals surface area contributed by atoms with E-state index >= 15 is 0 Å². The lowest BCUT2D eigenvalue weighted by Crippen LogP contribution is -2.14. The number of hydrogen-bond acceptors (Lipinski definition) is 4. The Morgan fingerprint density at radius 2 is 1.78 bits per heavy atom. The molecule has 2 unspecified atom stereocenters. The average molecular weight is 392 g/mol. The number of ether oxygens (including phenoxy) is 2. The zero-order chi connectivity index (χ0) is 19.8. The Hall–Kier alpha value is -2.52. The van der Waals surface area contributed by atoms with E-state index in [1.165, 1.54) is 18.2 Å². The van der Waals surface area contributed by atoms with Crippen molar-refractivity contribution in [3.8, 4) is 17.5 Å². The first-order valence-corrected chi connectivity index (χ1v) is 7.91. The quantitative estimate of drug-likeness (QED) is 0.659. The molecule has 2 heterocycles. The fourth-order valence-corrected chi connectivity index (χ4v) is 2.51. The van der Waals surface area contributed by atoms with E-state index in [-0.39, 0.29) is 30.5 Å². The van der Waals surface area contributed by atoms with Crippen LogP contribution in [0.15, 0.2) is 30.5 Å². The molecule has 2 aromatic rings. The zero-order valence-electron chi connectivity index (χ0n) is 13.9. The minimum atomic E-state index is -4.62. The summed E-state index contributed by atoms with van der Waals surface area (Å²) >= 11 is 0. The Morgan fingerprint density at radius 3 is 2.41 bits per heavy atom. The molecule has 10 heteroatoms. The van der Waals surface area contributed by atoms with E-state index in [0.29, 0.717) is 5.56 Å². The van der Waals surface area contributed by atoms with Gasteiger partial charge in [-0.2, -0.15) is 31.3 Å². The number of pyridine rings is 2. The van der Waals surface area contributed by atoms with Gasteiger partial charge in [-0.25, -0.2) is 0 Å². The van der Waals surface area contributed by atoms with Gasteiger partial charge in [0.15, 0.2) is 0 Å². The predicted octanol–water partition coefficient (Wildman–Crippen LogP) is 5.17. The molecular weight excluding hydrogens is 378 g/mol. The molecule has 0 N–H and O–H groups in total. The smallest absolute Gasteiger partial charge is 0.433 e. The summed E-state index contributed by atoms with van der Waals surface area (Å²) in [6.45, 7) is 1.53. The van der Waals surface area contributed by atoms with Crippen LogP contribution >= 0.6 is 0 Å². The molecule has 0 aromatic carbocycles. The van der Waals surface area contributed by atoms with Gasteiger partial charge < -0.3 is 9.47 Å². The lowest BCUT2D eigenvalue weighted by Gasteiger charge is -2.11. The molecule has 3 rings (SSSR count). The van der Waals surface area contributed by atoms with E-state index in [4.69, 9.17) is 9.47 Å². The van der Waals surface area contributed by atoms with E-state index in [0.717, 1.165) is 12.3 Å². The molecule has 0 aliphatic heterocycles. The summed E-state index contributed by atoms with van der Waals surface area (Å²) in [6.07, 6.45) is -7.89. The molecule has 0 bridgehead atoms. The van der Waals surface area contributed by atoms with Gasteiger partial charge in [0.2, 0.25) is 11.8 Å². The maximum absolute atomic E-state index is 12.7. The van der Waals surface area contributed by atoms with Crippen molar-refractivity contribution in [2.24, 2.45) is 11.8 Å². The summed E-state index contributed by atoms with van der Waals surface area (Å²) in [5.74, 6) is -2.10. The number of aromatic nitrogens is 2. The van der Waals surface area contributed by atoms with Gasteiger partial charge in [-0.05, 0) is 25.0 Å². The lowest BCUT2D eigenvalue weighted by atomic mass is 10.3. The topological polar surface area (TPSA) is 44.2 Å². The van der Waals surface area contributed by atoms with Crippen LogP contribution in [0.3, 0.4) is 0 Å². The van der Waals surface area contributed by atoms with Gasteiger partial charge in [0.25, 0.3) is 0 Å². The lowest BCUT2D eigenvalue weighted by molar-refractivity contribution is -0.151. The molecular formula is C17H14F6N2O2. The van der Waals surface area contributed by atoms with Crippen LogP contribution in [0.25, 0.3) is 0 Å². The monoisotopic (exact) mass is 392 g/mol. The Balaban J connectivity index is 1.67. The van der Waals surface area contributed by atoms with Crippen molar-refractivity contribution >= 4 is 0 Å². The fraction of sp³-hybridized carbons (Fsp3) is 0.412. The van der Waals surface area contributed by atoms with E-state index in [2.05, 4.69) is 9.97 Å². The average Bonchev–Trinajstić information content (AvgIpc) is 3.32. The first kappa shape index (κ1) is 19.2. The van der Waals surface area contributed by atoms with Crippen molar-refractivity contribution in [3.63, 3.8) is 0 Å². The Morgan fingerprint density at radius 1 is 1.07 bits per heavy atom. The van der Waals surface area contributed by atoms with Crippen molar-refractivity contribution in [1.29, 1.82) is 0 Å². The SMILES string of the molecule is Cc1cc(OCC2CC2C(F)(F)F)nc(Oc2ccnc(C(F)(F)F)c2)c1. The van der Waals surface area contributed by atoms with Gasteiger partial charge in [0, 0.05) is 30.3 Å². The first-order valence-electron chi connectivity index (χ1n) is 7.91. The Bertz CT molecular complexity index is 822. The molecule has 0 amide bonds. The van der Waals surface area contributed by atoms with Crippen molar-refractivity contribution in [2.75, 3.05) is 6.61 Å². The van der Waals surface area contributed by atoms with Gasteiger partial charge in [0.05, 0.1) is 12.5 Å². The summed E-state index contributed by atoms with van der Waals surface area (Å²) in [4.78, 5) is 7.21. The highest BCUT2D eigenvalue weighted by Gasteiger charge is 2.55. The Labute approximate surface area is 150 Å². The van der Waals surface area contributed by atoms with E-state index < -0.39 is 29.9 Å². The van der Waals surface area contributed by atoms with Crippen LogP contribution in [0.4, 0.5) is 26.3 Å². The minimum absolute atomic E-state index is 0.00983. The number of hydrogen-bond donors (Lipinski definition) is 0. The second kappa shape index (κ2) is 6.90. The highest BCUT2D eigenvalue weighted by Crippen LogP contribution is 2.50. The van der Waals surface area contributed by atoms with E-state index in [1.807, 2.05) is 0 Å². The summed E-state index contributed by atoms with van der Waals surface area (Å²) in [7, 11) is 0. The molecule has 0 saturated heterocycles. The van der Waals surface area contributed by atoms with Gasteiger partial charge in [-0.1, -0.05) is 0 Å². The second-order valence-electron chi connectivity index (χ2n) is 6.25. The highest BCUT2D eigenvalue weighted by molar-refractivity contribution is 5.32. The van der Waals surface area contributed by atoms with Crippen LogP contribution in [0.2, 0.25) is 0 Å². The Kier molecular flexibility index (Phi) is 4.92. The summed E-state index contributed by atoms with van der Waals surface area (Å²) in [6, 6.07) is 4.93. The predicted molar refractivity (Wildman–Crippen MR) is 81.4 cm³/mol. The number of halogens is 6. The molecule has 2 atom stereocenters. The van der Waals surface area contributed by atoms with Crippen LogP contribution in [0, 0.1) is 18.8 Å². The van der Waals surface area contributed by atoms with Crippen molar-refractivity contribution in [1.82, 2.24) is 9.97 Å². The molecule has 0 spiro atoms. The molecule has 146 valence electrons. The minimum Gasteiger partial charge on any atom is -0.477 e. The fourth-order valence-electron chi connectivity index (χ4n) is 2.51. The molecule has 0 radical (unpaired) electrons. The largest absolute Gasteiger partial charge is 0.477 e. The molecule has 2 aromatic heterocycles. The zero-order valence-corrected chi connectivity index (χ0v) is 13.9. The van der Waals surface area contributed by atoms with Gasteiger partial charge in [-0.3, -0.25) is 4.98 Å². The van der Waals surface area contributed by atoms with Crippen LogP contribution in [-0.2, 0) is 6.18 Å². The molecule has 1 aliphatic rings. The first-order chi connectivity index (χ1) is 12.5. The van der Waals surface area contributed by atoms with E-state index in [1.54, 1.807) is 6.92 Å². The standard InChI is InChI=1S/C17H14F6N2O2/c1-9-4-14(26-8-10-6-12(10)16(18,19)20)25-15(5-9)27-11-2-3-24-13(7-11)17(21,22)23/h2-5,7,10,12H,6,8H2,1H3. The number of nitrogens with zero attached hydrogens (tertiary/aromatic N) is 2. The molecule has 27 heavy (non-hydrogen) atoms. The molecule has 4 nitrogen and oxygen atoms in total. The highest BCUT2D eigenvalue weighted by atomic mass is 19.4.